The van der Waals surface area contributed by atoms with Gasteiger partial charge in [0.1, 0.15) is 0 Å². The first-order valence-corrected chi connectivity index (χ1v) is 5.96. The Morgan fingerprint density at radius 2 is 1.91 bits per heavy atom. The predicted molar refractivity (Wildman–Crippen MR) is 53.9 cm³/mol. The molecule has 0 spiro atoms. The molecule has 65 valence electrons. The van der Waals surface area contributed by atoms with Crippen LogP contribution in [0.3, 0.4) is 0 Å². The van der Waals surface area contributed by atoms with E-state index in [4.69, 9.17) is 0 Å². The molecular formula is C10H19S. The molecule has 1 fully saturated rings. The van der Waals surface area contributed by atoms with Crippen LogP contribution in [0.1, 0.15) is 38.5 Å². The van der Waals surface area contributed by atoms with E-state index < -0.39 is 0 Å². The van der Waals surface area contributed by atoms with Gasteiger partial charge in [0.25, 0.3) is 0 Å². The van der Waals surface area contributed by atoms with E-state index in [-0.39, 0.29) is 0 Å². The van der Waals surface area contributed by atoms with Crippen molar-refractivity contribution in [2.75, 3.05) is 11.5 Å². The van der Waals surface area contributed by atoms with E-state index >= 15 is 0 Å². The highest BCUT2D eigenvalue weighted by Crippen LogP contribution is 2.27. The second-order valence-corrected chi connectivity index (χ2v) is 4.63. The number of thioether (sulfide) groups is 1. The molecule has 0 atom stereocenters. The van der Waals surface area contributed by atoms with Crippen molar-refractivity contribution in [2.45, 2.75) is 38.5 Å². The Bertz CT molecular complexity index is 84.9. The summed E-state index contributed by atoms with van der Waals surface area (Å²) in [6.07, 6.45) is 8.90. The number of rotatable bonds is 4. The van der Waals surface area contributed by atoms with Crippen molar-refractivity contribution >= 4 is 11.8 Å². The van der Waals surface area contributed by atoms with Crippen molar-refractivity contribution in [1.82, 2.24) is 0 Å². The third kappa shape index (κ3) is 4.05. The summed E-state index contributed by atoms with van der Waals surface area (Å²) in [4.78, 5) is 0. The summed E-state index contributed by atoms with van der Waals surface area (Å²) in [6, 6.07) is 0. The van der Waals surface area contributed by atoms with E-state index in [1.54, 1.807) is 0 Å². The molecular weight excluding hydrogens is 152 g/mol. The van der Waals surface area contributed by atoms with Gasteiger partial charge in [0.2, 0.25) is 0 Å². The Balaban J connectivity index is 1.96. The summed E-state index contributed by atoms with van der Waals surface area (Å²) in [5.74, 6) is 3.45. The Labute approximate surface area is 75.1 Å². The lowest BCUT2D eigenvalue weighted by atomic mass is 9.88. The third-order valence-corrected chi connectivity index (χ3v) is 3.35. The molecule has 1 heteroatoms. The minimum atomic E-state index is 1.05. The number of hydrogen-bond donors (Lipinski definition) is 0. The Morgan fingerprint density at radius 1 is 1.18 bits per heavy atom. The minimum absolute atomic E-state index is 1.05. The van der Waals surface area contributed by atoms with Gasteiger partial charge in [-0.2, -0.15) is 11.8 Å². The number of hydrogen-bond acceptors (Lipinski definition) is 1. The largest absolute Gasteiger partial charge is 0.162 e. The van der Waals surface area contributed by atoms with Crippen LogP contribution in [0.4, 0.5) is 0 Å². The van der Waals surface area contributed by atoms with E-state index in [2.05, 4.69) is 6.92 Å². The maximum atomic E-state index is 3.83. The molecule has 1 saturated carbocycles. The van der Waals surface area contributed by atoms with Gasteiger partial charge in [-0.1, -0.05) is 32.1 Å². The molecule has 0 unspecified atom stereocenters. The maximum Gasteiger partial charge on any atom is -0.00649 e. The van der Waals surface area contributed by atoms with Crippen molar-refractivity contribution in [3.63, 3.8) is 0 Å². The predicted octanol–water partition coefficient (Wildman–Crippen LogP) is 3.52. The Hall–Kier alpha value is 0.350. The lowest BCUT2D eigenvalue weighted by molar-refractivity contribution is 0.351. The first-order valence-electron chi connectivity index (χ1n) is 4.80. The van der Waals surface area contributed by atoms with Gasteiger partial charge in [-0.05, 0) is 30.8 Å². The van der Waals surface area contributed by atoms with Gasteiger partial charge in [-0.15, -0.1) is 0 Å². The molecule has 0 amide bonds. The Kier molecular flexibility index (Phi) is 5.09. The molecule has 1 radical (unpaired) electrons. The van der Waals surface area contributed by atoms with E-state index in [0.717, 1.165) is 11.7 Å². The van der Waals surface area contributed by atoms with E-state index in [1.807, 2.05) is 11.8 Å². The zero-order chi connectivity index (χ0) is 7.94. The lowest BCUT2D eigenvalue weighted by Gasteiger charge is -2.20. The average molecular weight is 171 g/mol. The summed E-state index contributed by atoms with van der Waals surface area (Å²) in [5.41, 5.74) is 0. The summed E-state index contributed by atoms with van der Waals surface area (Å²) >= 11 is 1.99. The average Bonchev–Trinajstić information content (AvgIpc) is 2.07. The second-order valence-electron chi connectivity index (χ2n) is 3.41. The molecule has 1 rings (SSSR count). The van der Waals surface area contributed by atoms with Gasteiger partial charge in [0.05, 0.1) is 0 Å². The lowest BCUT2D eigenvalue weighted by Crippen LogP contribution is -2.06. The molecule has 0 N–H and O–H groups in total. The molecule has 1 aliphatic carbocycles. The van der Waals surface area contributed by atoms with Gasteiger partial charge >= 0.3 is 0 Å². The van der Waals surface area contributed by atoms with Gasteiger partial charge in [-0.3, -0.25) is 0 Å². The fourth-order valence-electron chi connectivity index (χ4n) is 1.83. The summed E-state index contributed by atoms with van der Waals surface area (Å²) in [7, 11) is 0. The van der Waals surface area contributed by atoms with Crippen LogP contribution >= 0.6 is 11.8 Å². The quantitative estimate of drug-likeness (QED) is 0.583. The van der Waals surface area contributed by atoms with Gasteiger partial charge < -0.3 is 0 Å². The fourth-order valence-corrected chi connectivity index (χ4v) is 2.53. The smallest absolute Gasteiger partial charge is 0.00649 e. The first kappa shape index (κ1) is 9.44. The van der Waals surface area contributed by atoms with Crippen molar-refractivity contribution in [1.29, 1.82) is 0 Å². The summed E-state index contributed by atoms with van der Waals surface area (Å²) < 4.78 is 0. The SMILES string of the molecule is [CH2]CSCCC1CCCCC1. The van der Waals surface area contributed by atoms with E-state index in [0.29, 0.717) is 0 Å². The van der Waals surface area contributed by atoms with Crippen LogP contribution in [0.25, 0.3) is 0 Å². The van der Waals surface area contributed by atoms with Crippen LogP contribution < -0.4 is 0 Å². The van der Waals surface area contributed by atoms with E-state index in [9.17, 15) is 0 Å². The maximum absolute atomic E-state index is 3.83. The van der Waals surface area contributed by atoms with E-state index in [1.165, 1.54) is 44.3 Å². The van der Waals surface area contributed by atoms with Crippen molar-refractivity contribution in [3.05, 3.63) is 6.92 Å². The highest BCUT2D eigenvalue weighted by atomic mass is 32.2. The zero-order valence-corrected chi connectivity index (χ0v) is 8.17. The third-order valence-electron chi connectivity index (χ3n) is 2.54. The summed E-state index contributed by atoms with van der Waals surface area (Å²) in [6.45, 7) is 3.83. The fraction of sp³-hybridized carbons (Fsp3) is 0.900. The summed E-state index contributed by atoms with van der Waals surface area (Å²) in [5, 5.41) is 0. The first-order chi connectivity index (χ1) is 5.43. The zero-order valence-electron chi connectivity index (χ0n) is 7.35. The molecule has 0 aromatic carbocycles. The molecule has 0 aromatic rings. The monoisotopic (exact) mass is 171 g/mol. The highest BCUT2D eigenvalue weighted by molar-refractivity contribution is 7.99. The van der Waals surface area contributed by atoms with Gasteiger partial charge in [0.15, 0.2) is 0 Å². The molecule has 0 aromatic heterocycles. The standard InChI is InChI=1S/C10H19S/c1-2-11-9-8-10-6-4-3-5-7-10/h10H,1-9H2. The molecule has 0 saturated heterocycles. The van der Waals surface area contributed by atoms with Gasteiger partial charge in [0, 0.05) is 0 Å². The minimum Gasteiger partial charge on any atom is -0.162 e. The second kappa shape index (κ2) is 5.93. The topological polar surface area (TPSA) is 0 Å². The van der Waals surface area contributed by atoms with Crippen LogP contribution in [0.5, 0.6) is 0 Å². The molecule has 0 bridgehead atoms. The normalized spacial score (nSPS) is 20.5. The van der Waals surface area contributed by atoms with Gasteiger partial charge in [-0.25, -0.2) is 0 Å². The molecule has 11 heavy (non-hydrogen) atoms. The van der Waals surface area contributed by atoms with Crippen LogP contribution in [-0.4, -0.2) is 11.5 Å². The van der Waals surface area contributed by atoms with Crippen molar-refractivity contribution < 1.29 is 0 Å². The molecule has 1 aliphatic rings. The van der Waals surface area contributed by atoms with Crippen LogP contribution in [0.15, 0.2) is 0 Å². The highest BCUT2D eigenvalue weighted by Gasteiger charge is 2.12. The van der Waals surface area contributed by atoms with Crippen molar-refractivity contribution in [2.24, 2.45) is 5.92 Å². The van der Waals surface area contributed by atoms with Crippen LogP contribution in [0, 0.1) is 12.8 Å². The van der Waals surface area contributed by atoms with Crippen molar-refractivity contribution in [3.8, 4) is 0 Å². The Morgan fingerprint density at radius 3 is 2.55 bits per heavy atom. The van der Waals surface area contributed by atoms with Crippen LogP contribution in [0.2, 0.25) is 0 Å². The molecule has 0 nitrogen and oxygen atoms in total. The molecule has 0 heterocycles. The molecule has 0 aliphatic heterocycles. The van der Waals surface area contributed by atoms with Crippen LogP contribution in [-0.2, 0) is 0 Å².